The Hall–Kier alpha value is -2.55. The van der Waals surface area contributed by atoms with E-state index < -0.39 is 10.0 Å². The number of benzene rings is 1. The Morgan fingerprint density at radius 1 is 1.28 bits per heavy atom. The molecule has 0 atom stereocenters. The van der Waals surface area contributed by atoms with Crippen molar-refractivity contribution < 1.29 is 8.42 Å². The highest BCUT2D eigenvalue weighted by Crippen LogP contribution is 2.09. The third-order valence-corrected chi connectivity index (χ3v) is 6.16. The second-order valence-corrected chi connectivity index (χ2v) is 9.04. The fourth-order valence-electron chi connectivity index (χ4n) is 2.29. The van der Waals surface area contributed by atoms with Gasteiger partial charge in [-0.1, -0.05) is 17.7 Å². The number of guanidine groups is 1. The van der Waals surface area contributed by atoms with Crippen LogP contribution < -0.4 is 15.4 Å². The summed E-state index contributed by atoms with van der Waals surface area (Å²) in [4.78, 5) is 11.8. The number of aliphatic imine (C=N–C) groups is 1. The number of aryl methyl sites for hydroxylation is 2. The summed E-state index contributed by atoms with van der Waals surface area (Å²) < 4.78 is 26.9. The van der Waals surface area contributed by atoms with Crippen LogP contribution in [0.5, 0.6) is 0 Å². The third kappa shape index (κ3) is 8.15. The minimum atomic E-state index is -3.57. The summed E-state index contributed by atoms with van der Waals surface area (Å²) in [7, 11) is -3.57. The molecule has 0 spiro atoms. The first kappa shape index (κ1) is 22.7. The number of sulfonamides is 1. The summed E-state index contributed by atoms with van der Waals surface area (Å²) in [6.07, 6.45) is 3.62. The van der Waals surface area contributed by atoms with Crippen molar-refractivity contribution in [2.24, 2.45) is 4.99 Å². The molecule has 0 saturated heterocycles. The first-order valence-electron chi connectivity index (χ1n) is 8.98. The molecule has 29 heavy (non-hydrogen) atoms. The van der Waals surface area contributed by atoms with Crippen molar-refractivity contribution in [1.82, 2.24) is 25.3 Å². The van der Waals surface area contributed by atoms with E-state index in [4.69, 9.17) is 5.26 Å². The van der Waals surface area contributed by atoms with Gasteiger partial charge in [0.2, 0.25) is 16.0 Å². The number of nitrogens with one attached hydrogen (secondary N) is 4. The molecule has 0 radical (unpaired) electrons. The standard InChI is InChI=1S/C18H25N7O2S2/c1-14-3-5-16(6-4-14)29(26,27)24-8-7-20-18(23-13-19)21-9-10-28-12-17-22-11-15(2)25-17/h3-6,11,24H,7-10,12H2,1-2H3,(H,22,25)(H2,20,21,23). The van der Waals surface area contributed by atoms with Gasteiger partial charge in [-0.2, -0.15) is 17.0 Å². The quantitative estimate of drug-likeness (QED) is 0.145. The molecule has 0 amide bonds. The number of thioether (sulfide) groups is 1. The van der Waals surface area contributed by atoms with Crippen molar-refractivity contribution in [2.45, 2.75) is 24.5 Å². The van der Waals surface area contributed by atoms with Crippen LogP contribution in [0, 0.1) is 25.3 Å². The van der Waals surface area contributed by atoms with Crippen molar-refractivity contribution in [3.05, 3.63) is 47.5 Å². The molecule has 1 heterocycles. The number of hydrogen-bond acceptors (Lipinski definition) is 6. The van der Waals surface area contributed by atoms with E-state index in [1.165, 1.54) is 0 Å². The Morgan fingerprint density at radius 2 is 2.03 bits per heavy atom. The molecule has 11 heteroatoms. The van der Waals surface area contributed by atoms with Gasteiger partial charge in [0.25, 0.3) is 0 Å². The van der Waals surface area contributed by atoms with Gasteiger partial charge in [0.05, 0.1) is 17.2 Å². The number of aromatic amines is 1. The van der Waals surface area contributed by atoms with Crippen LogP contribution in [0.2, 0.25) is 0 Å². The molecule has 2 aromatic rings. The zero-order valence-corrected chi connectivity index (χ0v) is 18.0. The molecule has 4 N–H and O–H groups in total. The van der Waals surface area contributed by atoms with Crippen molar-refractivity contribution in [3.63, 3.8) is 0 Å². The van der Waals surface area contributed by atoms with Crippen LogP contribution in [0.1, 0.15) is 17.1 Å². The van der Waals surface area contributed by atoms with Gasteiger partial charge in [0.1, 0.15) is 5.82 Å². The first-order valence-corrected chi connectivity index (χ1v) is 11.6. The zero-order valence-electron chi connectivity index (χ0n) is 16.4. The molecule has 0 unspecified atom stereocenters. The lowest BCUT2D eigenvalue weighted by Crippen LogP contribution is -2.37. The number of H-pyrrole nitrogens is 1. The van der Waals surface area contributed by atoms with Crippen LogP contribution in [0.3, 0.4) is 0 Å². The predicted octanol–water partition coefficient (Wildman–Crippen LogP) is 1.25. The van der Waals surface area contributed by atoms with Crippen molar-refractivity contribution in [3.8, 4) is 6.19 Å². The number of nitrogens with zero attached hydrogens (tertiary/aromatic N) is 3. The van der Waals surface area contributed by atoms with Crippen molar-refractivity contribution >= 4 is 27.7 Å². The molecule has 0 aliphatic rings. The van der Waals surface area contributed by atoms with E-state index in [-0.39, 0.29) is 18.0 Å². The average molecular weight is 436 g/mol. The maximum Gasteiger partial charge on any atom is 0.240 e. The molecule has 0 fully saturated rings. The SMILES string of the molecule is Cc1ccc(S(=O)(=O)NCCN=C(NC#N)NCCSCc2ncc(C)[nH]2)cc1. The maximum absolute atomic E-state index is 12.2. The van der Waals surface area contributed by atoms with Crippen molar-refractivity contribution in [2.75, 3.05) is 25.4 Å². The molecule has 1 aromatic heterocycles. The monoisotopic (exact) mass is 435 g/mol. The van der Waals surface area contributed by atoms with E-state index in [1.54, 1.807) is 42.2 Å². The van der Waals surface area contributed by atoms with Crippen LogP contribution in [-0.2, 0) is 15.8 Å². The lowest BCUT2D eigenvalue weighted by molar-refractivity contribution is 0.582. The Labute approximate surface area is 175 Å². The number of nitriles is 1. The fourth-order valence-corrected chi connectivity index (χ4v) is 4.04. The molecule has 1 aromatic carbocycles. The van der Waals surface area contributed by atoms with Crippen LogP contribution in [-0.4, -0.2) is 49.7 Å². The highest BCUT2D eigenvalue weighted by Gasteiger charge is 2.12. The van der Waals surface area contributed by atoms with Gasteiger partial charge in [-0.3, -0.25) is 10.3 Å². The molecule has 0 bridgehead atoms. The molecule has 0 aliphatic carbocycles. The normalized spacial score (nSPS) is 11.8. The van der Waals surface area contributed by atoms with Gasteiger partial charge in [0, 0.05) is 30.7 Å². The van der Waals surface area contributed by atoms with Gasteiger partial charge in [-0.15, -0.1) is 0 Å². The van der Waals surface area contributed by atoms with Gasteiger partial charge in [-0.25, -0.2) is 18.1 Å². The zero-order chi connectivity index (χ0) is 21.1. The van der Waals surface area contributed by atoms with Gasteiger partial charge >= 0.3 is 0 Å². The van der Waals surface area contributed by atoms with E-state index >= 15 is 0 Å². The largest absolute Gasteiger partial charge is 0.355 e. The number of hydrogen-bond donors (Lipinski definition) is 4. The van der Waals surface area contributed by atoms with Gasteiger partial charge in [0.15, 0.2) is 6.19 Å². The van der Waals surface area contributed by atoms with Gasteiger partial charge in [-0.05, 0) is 26.0 Å². The molecular formula is C18H25N7O2S2. The molecule has 0 aliphatic heterocycles. The van der Waals surface area contributed by atoms with E-state index in [2.05, 4.69) is 30.3 Å². The van der Waals surface area contributed by atoms with Crippen LogP contribution in [0.4, 0.5) is 0 Å². The van der Waals surface area contributed by atoms with Crippen LogP contribution in [0.15, 0.2) is 40.4 Å². The topological polar surface area (TPSA) is 135 Å². The number of aromatic nitrogens is 2. The van der Waals surface area contributed by atoms with E-state index in [0.29, 0.717) is 12.5 Å². The Morgan fingerprint density at radius 3 is 2.69 bits per heavy atom. The molecular weight excluding hydrogens is 410 g/mol. The Kier molecular flexibility index (Phi) is 8.98. The summed E-state index contributed by atoms with van der Waals surface area (Å²) in [5.74, 6) is 2.81. The highest BCUT2D eigenvalue weighted by atomic mass is 32.2. The van der Waals surface area contributed by atoms with E-state index in [9.17, 15) is 8.42 Å². The molecule has 9 nitrogen and oxygen atoms in total. The molecule has 0 saturated carbocycles. The van der Waals surface area contributed by atoms with E-state index in [1.807, 2.05) is 20.0 Å². The summed E-state index contributed by atoms with van der Waals surface area (Å²) in [6.45, 7) is 4.78. The second kappa shape index (κ2) is 11.5. The van der Waals surface area contributed by atoms with Crippen LogP contribution >= 0.6 is 11.8 Å². The summed E-state index contributed by atoms with van der Waals surface area (Å²) in [6, 6.07) is 6.62. The van der Waals surface area contributed by atoms with Crippen LogP contribution in [0.25, 0.3) is 0 Å². The lowest BCUT2D eigenvalue weighted by Gasteiger charge is -2.09. The Balaban J connectivity index is 1.72. The smallest absolute Gasteiger partial charge is 0.240 e. The molecule has 2 rings (SSSR count). The molecule has 156 valence electrons. The van der Waals surface area contributed by atoms with Gasteiger partial charge < -0.3 is 10.3 Å². The fraction of sp³-hybridized carbons (Fsp3) is 0.389. The minimum absolute atomic E-state index is 0.126. The number of imidazole rings is 1. The highest BCUT2D eigenvalue weighted by molar-refractivity contribution is 7.98. The summed E-state index contributed by atoms with van der Waals surface area (Å²) in [5.41, 5.74) is 2.02. The predicted molar refractivity (Wildman–Crippen MR) is 115 cm³/mol. The first-order chi connectivity index (χ1) is 13.9. The third-order valence-electron chi connectivity index (χ3n) is 3.71. The maximum atomic E-state index is 12.2. The lowest BCUT2D eigenvalue weighted by atomic mass is 10.2. The van der Waals surface area contributed by atoms with E-state index in [0.717, 1.165) is 28.6 Å². The summed E-state index contributed by atoms with van der Waals surface area (Å²) >= 11 is 1.70. The number of rotatable bonds is 10. The average Bonchev–Trinajstić information content (AvgIpc) is 3.10. The summed E-state index contributed by atoms with van der Waals surface area (Å²) in [5, 5.41) is 14.3. The minimum Gasteiger partial charge on any atom is -0.355 e. The second-order valence-electron chi connectivity index (χ2n) is 6.17. The Bertz CT molecular complexity index is 947. The van der Waals surface area contributed by atoms with Crippen molar-refractivity contribution in [1.29, 1.82) is 5.26 Å².